The van der Waals surface area contributed by atoms with Crippen LogP contribution in [0.3, 0.4) is 0 Å². The summed E-state index contributed by atoms with van der Waals surface area (Å²) in [5.41, 5.74) is 3.17. The largest absolute Gasteiger partial charge is 0.436 e. The van der Waals surface area contributed by atoms with E-state index in [0.717, 1.165) is 11.1 Å². The highest BCUT2D eigenvalue weighted by Gasteiger charge is 2.33. The highest BCUT2D eigenvalue weighted by atomic mass is 32.2. The Morgan fingerprint density at radius 3 is 2.29 bits per heavy atom. The molecule has 2 aromatic carbocycles. The van der Waals surface area contributed by atoms with Crippen molar-refractivity contribution < 1.29 is 17.6 Å². The van der Waals surface area contributed by atoms with Crippen LogP contribution in [0.2, 0.25) is 0 Å². The van der Waals surface area contributed by atoms with Crippen LogP contribution in [0, 0.1) is 6.92 Å². The van der Waals surface area contributed by atoms with E-state index in [-0.39, 0.29) is 19.0 Å². The number of piperazine rings is 1. The zero-order valence-corrected chi connectivity index (χ0v) is 20.6. The molecule has 0 radical (unpaired) electrons. The standard InChI is InChI=1S/C25H30N4O4S/c1-4-28(5-2)34(31,32)29-16-14-27(15-17-29)25(30)22-9-7-6-8-21(22)24-26-18-23(33-24)20-12-10-19(3)11-13-20/h6-13,18H,4-5,14-17H2,1-3H3. The lowest BCUT2D eigenvalue weighted by molar-refractivity contribution is 0.0694. The van der Waals surface area contributed by atoms with Crippen LogP contribution in [0.25, 0.3) is 22.8 Å². The van der Waals surface area contributed by atoms with Gasteiger partial charge in [0.15, 0.2) is 5.76 Å². The fourth-order valence-corrected chi connectivity index (χ4v) is 5.72. The fourth-order valence-electron chi connectivity index (χ4n) is 4.11. The van der Waals surface area contributed by atoms with Gasteiger partial charge in [0.2, 0.25) is 5.89 Å². The van der Waals surface area contributed by atoms with E-state index < -0.39 is 10.2 Å². The maximum Gasteiger partial charge on any atom is 0.282 e. The number of carbonyl (C=O) groups excluding carboxylic acids is 1. The second-order valence-corrected chi connectivity index (χ2v) is 10.2. The maximum absolute atomic E-state index is 13.4. The first kappa shape index (κ1) is 24.1. The van der Waals surface area contributed by atoms with Gasteiger partial charge in [-0.05, 0) is 19.1 Å². The summed E-state index contributed by atoms with van der Waals surface area (Å²) in [6.45, 7) is 7.71. The Bertz CT molecular complexity index is 1240. The molecule has 8 nitrogen and oxygen atoms in total. The number of benzene rings is 2. The van der Waals surface area contributed by atoms with Crippen molar-refractivity contribution in [3.8, 4) is 22.8 Å². The van der Waals surface area contributed by atoms with Crippen LogP contribution in [-0.2, 0) is 10.2 Å². The van der Waals surface area contributed by atoms with Crippen molar-refractivity contribution >= 4 is 16.1 Å². The molecule has 1 amide bonds. The van der Waals surface area contributed by atoms with E-state index in [1.807, 2.05) is 63.2 Å². The number of aromatic nitrogens is 1. The predicted molar refractivity (Wildman–Crippen MR) is 131 cm³/mol. The molecule has 1 aromatic heterocycles. The maximum atomic E-state index is 13.4. The van der Waals surface area contributed by atoms with Gasteiger partial charge in [0.1, 0.15) is 0 Å². The molecule has 1 aliphatic rings. The molecule has 1 fully saturated rings. The number of aryl methyl sites for hydroxylation is 1. The van der Waals surface area contributed by atoms with Crippen molar-refractivity contribution in [1.82, 2.24) is 18.5 Å². The van der Waals surface area contributed by atoms with E-state index in [1.165, 1.54) is 8.61 Å². The van der Waals surface area contributed by atoms with Crippen molar-refractivity contribution in [2.75, 3.05) is 39.3 Å². The van der Waals surface area contributed by atoms with Crippen LogP contribution in [-0.4, -0.2) is 72.1 Å². The molecule has 0 unspecified atom stereocenters. The first-order valence-electron chi connectivity index (χ1n) is 11.5. The molecule has 1 saturated heterocycles. The minimum atomic E-state index is -3.51. The van der Waals surface area contributed by atoms with Crippen molar-refractivity contribution in [1.29, 1.82) is 0 Å². The van der Waals surface area contributed by atoms with Gasteiger partial charge < -0.3 is 9.32 Å². The first-order valence-corrected chi connectivity index (χ1v) is 12.9. The van der Waals surface area contributed by atoms with Crippen molar-refractivity contribution in [2.45, 2.75) is 20.8 Å². The van der Waals surface area contributed by atoms with Gasteiger partial charge in [-0.3, -0.25) is 4.79 Å². The third-order valence-electron chi connectivity index (χ3n) is 6.11. The molecule has 0 spiro atoms. The van der Waals surface area contributed by atoms with Gasteiger partial charge in [-0.15, -0.1) is 0 Å². The summed E-state index contributed by atoms with van der Waals surface area (Å²) >= 11 is 0. The third-order valence-corrected chi connectivity index (χ3v) is 8.30. The first-order chi connectivity index (χ1) is 16.3. The topological polar surface area (TPSA) is 87.0 Å². The second kappa shape index (κ2) is 10.1. The normalized spacial score (nSPS) is 15.1. The van der Waals surface area contributed by atoms with E-state index in [2.05, 4.69) is 4.98 Å². The highest BCUT2D eigenvalue weighted by molar-refractivity contribution is 7.86. The summed E-state index contributed by atoms with van der Waals surface area (Å²) in [6.07, 6.45) is 1.66. The zero-order valence-electron chi connectivity index (χ0n) is 19.8. The molecule has 9 heteroatoms. The monoisotopic (exact) mass is 482 g/mol. The van der Waals surface area contributed by atoms with Crippen molar-refractivity contribution in [2.24, 2.45) is 0 Å². The lowest BCUT2D eigenvalue weighted by Crippen LogP contribution is -2.54. The molecular formula is C25H30N4O4S. The van der Waals surface area contributed by atoms with E-state index >= 15 is 0 Å². The van der Waals surface area contributed by atoms with Crippen LogP contribution < -0.4 is 0 Å². The smallest absolute Gasteiger partial charge is 0.282 e. The number of amides is 1. The Morgan fingerprint density at radius 2 is 1.65 bits per heavy atom. The summed E-state index contributed by atoms with van der Waals surface area (Å²) in [5.74, 6) is 0.848. The lowest BCUT2D eigenvalue weighted by atomic mass is 10.1. The molecule has 4 rings (SSSR count). The number of hydrogen-bond donors (Lipinski definition) is 0. The average molecular weight is 483 g/mol. The molecule has 1 aliphatic heterocycles. The molecule has 3 aromatic rings. The summed E-state index contributed by atoms with van der Waals surface area (Å²) < 4.78 is 34.5. The van der Waals surface area contributed by atoms with E-state index in [9.17, 15) is 13.2 Å². The molecule has 0 bridgehead atoms. The van der Waals surface area contributed by atoms with Crippen molar-refractivity contribution in [3.63, 3.8) is 0 Å². The SMILES string of the molecule is CCN(CC)S(=O)(=O)N1CCN(C(=O)c2ccccc2-c2ncc(-c3ccc(C)cc3)o2)CC1. The zero-order chi connectivity index (χ0) is 24.3. The quantitative estimate of drug-likeness (QED) is 0.513. The molecule has 0 atom stereocenters. The lowest BCUT2D eigenvalue weighted by Gasteiger charge is -2.36. The summed E-state index contributed by atoms with van der Waals surface area (Å²) in [4.78, 5) is 19.5. The molecule has 34 heavy (non-hydrogen) atoms. The molecule has 2 heterocycles. The summed E-state index contributed by atoms with van der Waals surface area (Å²) in [6, 6.07) is 15.2. The number of carbonyl (C=O) groups is 1. The van der Waals surface area contributed by atoms with Gasteiger partial charge in [0, 0.05) is 50.4 Å². The van der Waals surface area contributed by atoms with Crippen LogP contribution >= 0.6 is 0 Å². The minimum absolute atomic E-state index is 0.162. The second-order valence-electron chi connectivity index (χ2n) is 8.22. The van der Waals surface area contributed by atoms with Gasteiger partial charge in [0.05, 0.1) is 11.8 Å². The van der Waals surface area contributed by atoms with Crippen LogP contribution in [0.1, 0.15) is 29.8 Å². The van der Waals surface area contributed by atoms with Crippen LogP contribution in [0.4, 0.5) is 0 Å². The Balaban J connectivity index is 1.52. The van der Waals surface area contributed by atoms with E-state index in [4.69, 9.17) is 4.42 Å². The molecule has 0 saturated carbocycles. The Hall–Kier alpha value is -3.01. The van der Waals surface area contributed by atoms with Crippen LogP contribution in [0.15, 0.2) is 59.1 Å². The fraction of sp³-hybridized carbons (Fsp3) is 0.360. The molecule has 180 valence electrons. The molecule has 0 N–H and O–H groups in total. The summed E-state index contributed by atoms with van der Waals surface area (Å²) in [7, 11) is -3.51. The van der Waals surface area contributed by atoms with Crippen molar-refractivity contribution in [3.05, 3.63) is 65.9 Å². The Kier molecular flexibility index (Phi) is 7.16. The summed E-state index contributed by atoms with van der Waals surface area (Å²) in [5, 5.41) is 0. The number of oxazole rings is 1. The van der Waals surface area contributed by atoms with Crippen LogP contribution in [0.5, 0.6) is 0 Å². The van der Waals surface area contributed by atoms with Gasteiger partial charge >= 0.3 is 0 Å². The Labute approximate surface area is 201 Å². The van der Waals surface area contributed by atoms with Gasteiger partial charge in [0.25, 0.3) is 16.1 Å². The average Bonchev–Trinajstić information content (AvgIpc) is 3.35. The minimum Gasteiger partial charge on any atom is -0.436 e. The number of hydrogen-bond acceptors (Lipinski definition) is 5. The van der Waals surface area contributed by atoms with E-state index in [1.54, 1.807) is 17.2 Å². The van der Waals surface area contributed by atoms with Gasteiger partial charge in [-0.2, -0.15) is 17.0 Å². The molecule has 0 aliphatic carbocycles. The number of nitrogens with zero attached hydrogens (tertiary/aromatic N) is 4. The Morgan fingerprint density at radius 1 is 1.00 bits per heavy atom. The predicted octanol–water partition coefficient (Wildman–Crippen LogP) is 3.66. The highest BCUT2D eigenvalue weighted by Crippen LogP contribution is 2.29. The van der Waals surface area contributed by atoms with Gasteiger partial charge in [-0.1, -0.05) is 55.8 Å². The molecular weight excluding hydrogens is 452 g/mol. The van der Waals surface area contributed by atoms with E-state index in [0.29, 0.717) is 49.0 Å². The van der Waals surface area contributed by atoms with Gasteiger partial charge in [-0.25, -0.2) is 4.98 Å². The third kappa shape index (κ3) is 4.77. The number of rotatable bonds is 7.